The number of hydrogen-bond acceptors (Lipinski definition) is 3. The van der Waals surface area contributed by atoms with Crippen LogP contribution in [0.2, 0.25) is 0 Å². The normalized spacial score (nSPS) is 33.5. The van der Waals surface area contributed by atoms with Crippen molar-refractivity contribution in [1.82, 2.24) is 0 Å². The molecule has 3 heteroatoms. The van der Waals surface area contributed by atoms with Gasteiger partial charge in [0.25, 0.3) is 0 Å². The highest BCUT2D eigenvalue weighted by atomic mass is 16.5. The molecule has 0 bridgehead atoms. The number of allylic oxidation sites excluding steroid dienone is 16. The first-order valence-electron chi connectivity index (χ1n) is 16.3. The second-order valence-corrected chi connectivity index (χ2v) is 15.1. The van der Waals surface area contributed by atoms with Gasteiger partial charge in [0.1, 0.15) is 5.60 Å². The number of aliphatic hydroxyl groups excluding tert-OH is 2. The molecule has 0 amide bonds. The molecule has 240 valence electrons. The van der Waals surface area contributed by atoms with Gasteiger partial charge in [-0.1, -0.05) is 129 Å². The highest BCUT2D eigenvalue weighted by Crippen LogP contribution is 2.54. The molecule has 1 saturated carbocycles. The van der Waals surface area contributed by atoms with Crippen LogP contribution in [0.15, 0.2) is 119 Å². The molecule has 3 rings (SSSR count). The lowest BCUT2D eigenvalue weighted by Crippen LogP contribution is -2.46. The minimum absolute atomic E-state index is 0.0522. The number of ether oxygens (including phenoxy) is 1. The fraction of sp³-hybridized carbons (Fsp3) is 0.512. The summed E-state index contributed by atoms with van der Waals surface area (Å²) >= 11 is 0. The molecular formula is C41H58O3. The van der Waals surface area contributed by atoms with Gasteiger partial charge in [-0.05, 0) is 89.4 Å². The second kappa shape index (κ2) is 14.1. The number of fused-ring (bicyclic) bond motifs is 1. The summed E-state index contributed by atoms with van der Waals surface area (Å²) in [7, 11) is 0. The van der Waals surface area contributed by atoms with Crippen LogP contribution in [0.5, 0.6) is 0 Å². The van der Waals surface area contributed by atoms with Crippen LogP contribution in [0.1, 0.15) is 95.4 Å². The van der Waals surface area contributed by atoms with Crippen LogP contribution in [0.25, 0.3) is 0 Å². The summed E-state index contributed by atoms with van der Waals surface area (Å²) in [6, 6.07) is 0. The topological polar surface area (TPSA) is 49.7 Å². The molecule has 1 aliphatic heterocycles. The third-order valence-corrected chi connectivity index (χ3v) is 9.64. The monoisotopic (exact) mass is 598 g/mol. The maximum Gasteiger partial charge on any atom is 0.106 e. The van der Waals surface area contributed by atoms with Crippen LogP contribution < -0.4 is 0 Å². The van der Waals surface area contributed by atoms with Crippen molar-refractivity contribution in [3.05, 3.63) is 119 Å². The average Bonchev–Trinajstić information content (AvgIpc) is 3.17. The molecule has 3 nitrogen and oxygen atoms in total. The summed E-state index contributed by atoms with van der Waals surface area (Å²) in [4.78, 5) is 0. The first kappa shape index (κ1) is 35.8. The average molecular weight is 599 g/mol. The molecule has 5 unspecified atom stereocenters. The Morgan fingerprint density at radius 1 is 0.750 bits per heavy atom. The Morgan fingerprint density at radius 3 is 1.89 bits per heavy atom. The minimum Gasteiger partial charge on any atom is -0.393 e. The number of aliphatic hydroxyl groups is 2. The summed E-state index contributed by atoms with van der Waals surface area (Å²) in [5.74, 6) is 0.343. The van der Waals surface area contributed by atoms with Crippen molar-refractivity contribution in [1.29, 1.82) is 0 Å². The van der Waals surface area contributed by atoms with Crippen molar-refractivity contribution < 1.29 is 14.9 Å². The SMILES string of the molecule is CC(C=CC1C(C)=CC(O)CC1(C)C)=CC=CC(C)=C/C=C/C=C(C)/C=C/C=C(\C)C1(C)C=C2C(C)(C)CC(O)CC2(C)O1. The zero-order valence-corrected chi connectivity index (χ0v) is 29.2. The molecule has 0 aromatic carbocycles. The van der Waals surface area contributed by atoms with Crippen molar-refractivity contribution >= 4 is 0 Å². The van der Waals surface area contributed by atoms with Gasteiger partial charge >= 0.3 is 0 Å². The van der Waals surface area contributed by atoms with E-state index in [0.717, 1.165) is 18.4 Å². The first-order valence-corrected chi connectivity index (χ1v) is 16.3. The van der Waals surface area contributed by atoms with Crippen LogP contribution in [0.3, 0.4) is 0 Å². The Kier molecular flexibility index (Phi) is 11.5. The van der Waals surface area contributed by atoms with Gasteiger partial charge in [-0.15, -0.1) is 0 Å². The Hall–Kier alpha value is -2.72. The van der Waals surface area contributed by atoms with Gasteiger partial charge in [0.05, 0.1) is 17.8 Å². The zero-order valence-electron chi connectivity index (χ0n) is 29.2. The Bertz CT molecular complexity index is 1370. The van der Waals surface area contributed by atoms with Gasteiger partial charge < -0.3 is 14.9 Å². The molecule has 0 aromatic heterocycles. The lowest BCUT2D eigenvalue weighted by molar-refractivity contribution is -0.100. The molecule has 0 spiro atoms. The van der Waals surface area contributed by atoms with E-state index >= 15 is 0 Å². The maximum absolute atomic E-state index is 10.5. The van der Waals surface area contributed by atoms with Crippen molar-refractivity contribution in [3.8, 4) is 0 Å². The van der Waals surface area contributed by atoms with Gasteiger partial charge in [0.15, 0.2) is 0 Å². The van der Waals surface area contributed by atoms with E-state index in [-0.39, 0.29) is 23.0 Å². The highest BCUT2D eigenvalue weighted by molar-refractivity contribution is 5.41. The summed E-state index contributed by atoms with van der Waals surface area (Å²) in [6.07, 6.45) is 31.4. The van der Waals surface area contributed by atoms with Crippen molar-refractivity contribution in [2.75, 3.05) is 0 Å². The highest BCUT2D eigenvalue weighted by Gasteiger charge is 2.54. The lowest BCUT2D eigenvalue weighted by atomic mass is 9.65. The van der Waals surface area contributed by atoms with E-state index in [1.165, 1.54) is 27.9 Å². The van der Waals surface area contributed by atoms with Gasteiger partial charge in [-0.2, -0.15) is 0 Å². The van der Waals surface area contributed by atoms with Crippen molar-refractivity contribution in [2.45, 2.75) is 119 Å². The molecule has 2 aliphatic carbocycles. The van der Waals surface area contributed by atoms with E-state index in [0.29, 0.717) is 12.3 Å². The smallest absolute Gasteiger partial charge is 0.106 e. The molecule has 0 saturated heterocycles. The van der Waals surface area contributed by atoms with E-state index in [1.807, 2.05) is 6.08 Å². The van der Waals surface area contributed by atoms with Gasteiger partial charge in [0, 0.05) is 12.3 Å². The van der Waals surface area contributed by atoms with Crippen LogP contribution in [-0.2, 0) is 4.74 Å². The van der Waals surface area contributed by atoms with E-state index in [2.05, 4.69) is 155 Å². The van der Waals surface area contributed by atoms with Crippen molar-refractivity contribution in [3.63, 3.8) is 0 Å². The van der Waals surface area contributed by atoms with E-state index in [4.69, 9.17) is 4.74 Å². The van der Waals surface area contributed by atoms with E-state index in [1.54, 1.807) is 0 Å². The number of rotatable bonds is 9. The summed E-state index contributed by atoms with van der Waals surface area (Å²) in [5, 5.41) is 20.5. The molecule has 0 aromatic rings. The standard InChI is InChI=1S/C41H58O3/c1-29(18-14-19-31(3)22-23-36-32(4)24-34(42)25-38(36,6)7)16-12-13-17-30(2)20-15-21-33(5)40(10)28-37-39(8,9)26-35(43)27-41(37,11)44-40/h12-24,28,34-36,42-43H,25-27H2,1-11H3/b13-12+,18-14?,20-15+,23-22?,29-16?,30-17+,31-19?,33-21+. The molecular weight excluding hydrogens is 540 g/mol. The predicted molar refractivity (Wildman–Crippen MR) is 188 cm³/mol. The Balaban J connectivity index is 1.55. The zero-order chi connectivity index (χ0) is 32.9. The quantitative estimate of drug-likeness (QED) is 0.205. The molecule has 5 atom stereocenters. The summed E-state index contributed by atoms with van der Waals surface area (Å²) in [5.41, 5.74) is 6.35. The third kappa shape index (κ3) is 9.16. The molecule has 1 fully saturated rings. The van der Waals surface area contributed by atoms with Crippen LogP contribution in [0.4, 0.5) is 0 Å². The second-order valence-electron chi connectivity index (χ2n) is 15.1. The fourth-order valence-corrected chi connectivity index (χ4v) is 7.31. The van der Waals surface area contributed by atoms with Crippen LogP contribution >= 0.6 is 0 Å². The lowest BCUT2D eigenvalue weighted by Gasteiger charge is -2.45. The van der Waals surface area contributed by atoms with Gasteiger partial charge in [-0.25, -0.2) is 0 Å². The fourth-order valence-electron chi connectivity index (χ4n) is 7.31. The summed E-state index contributed by atoms with van der Waals surface area (Å²) < 4.78 is 6.65. The first-order chi connectivity index (χ1) is 20.4. The largest absolute Gasteiger partial charge is 0.393 e. The minimum atomic E-state index is -0.472. The molecule has 44 heavy (non-hydrogen) atoms. The third-order valence-electron chi connectivity index (χ3n) is 9.64. The molecule has 2 N–H and O–H groups in total. The van der Waals surface area contributed by atoms with Gasteiger partial charge in [0.2, 0.25) is 0 Å². The van der Waals surface area contributed by atoms with Crippen molar-refractivity contribution in [2.24, 2.45) is 16.7 Å². The Morgan fingerprint density at radius 2 is 1.30 bits per heavy atom. The maximum atomic E-state index is 10.5. The van der Waals surface area contributed by atoms with Gasteiger partial charge in [-0.3, -0.25) is 0 Å². The number of hydrogen-bond donors (Lipinski definition) is 2. The van der Waals surface area contributed by atoms with E-state index in [9.17, 15) is 10.2 Å². The molecule has 3 aliphatic rings. The van der Waals surface area contributed by atoms with Crippen LogP contribution in [-0.4, -0.2) is 33.6 Å². The Labute approximate surface area is 268 Å². The summed E-state index contributed by atoms with van der Waals surface area (Å²) in [6.45, 7) is 23.7. The predicted octanol–water partition coefficient (Wildman–Crippen LogP) is 10.0. The molecule has 1 heterocycles. The van der Waals surface area contributed by atoms with Crippen LogP contribution in [0, 0.1) is 16.7 Å². The van der Waals surface area contributed by atoms with E-state index < -0.39 is 11.2 Å². The molecule has 0 radical (unpaired) electrons.